The van der Waals surface area contributed by atoms with Crippen LogP contribution >= 0.6 is 0 Å². The number of hydrogen-bond acceptors (Lipinski definition) is 4. The number of benzene rings is 1. The third kappa shape index (κ3) is 2.35. The molecule has 6 heteroatoms. The van der Waals surface area contributed by atoms with E-state index in [1.807, 2.05) is 24.3 Å². The van der Waals surface area contributed by atoms with Crippen LogP contribution in [0.3, 0.4) is 0 Å². The molecule has 0 spiro atoms. The number of aromatic nitrogens is 1. The molecule has 0 fully saturated rings. The van der Waals surface area contributed by atoms with Crippen molar-refractivity contribution in [1.29, 1.82) is 0 Å². The molecular weight excluding hydrogens is 262 g/mol. The summed E-state index contributed by atoms with van der Waals surface area (Å²) in [7, 11) is -3.26. The first-order valence-corrected chi connectivity index (χ1v) is 7.96. The molecule has 2 heterocycles. The first-order valence-electron chi connectivity index (χ1n) is 6.12. The van der Waals surface area contributed by atoms with Gasteiger partial charge in [-0.2, -0.15) is 0 Å². The number of fused-ring (bicyclic) bond motifs is 1. The van der Waals surface area contributed by atoms with Crippen molar-refractivity contribution in [2.45, 2.75) is 6.42 Å². The predicted octanol–water partition coefficient (Wildman–Crippen LogP) is 0.993. The molecule has 0 radical (unpaired) electrons. The number of amidine groups is 1. The standard InChI is InChI=1S/C13H15N3O2S/c1-19(17,18)16-7-4-11-3-2-10(8-12(11)16)9-13-14-5-6-15-13/h2-4,7-8H,5-6,9H2,1H3,(H,14,15). The van der Waals surface area contributed by atoms with Gasteiger partial charge in [0.2, 0.25) is 10.0 Å². The zero-order valence-corrected chi connectivity index (χ0v) is 11.4. The molecule has 2 aromatic rings. The van der Waals surface area contributed by atoms with Crippen molar-refractivity contribution in [3.05, 3.63) is 36.0 Å². The third-order valence-corrected chi connectivity index (χ3v) is 4.23. The van der Waals surface area contributed by atoms with Crippen LogP contribution in [0.5, 0.6) is 0 Å². The summed E-state index contributed by atoms with van der Waals surface area (Å²) in [4.78, 5) is 4.35. The van der Waals surface area contributed by atoms with Crippen molar-refractivity contribution >= 4 is 26.8 Å². The molecule has 0 bridgehead atoms. The van der Waals surface area contributed by atoms with Crippen molar-refractivity contribution in [3.63, 3.8) is 0 Å². The van der Waals surface area contributed by atoms with E-state index in [2.05, 4.69) is 10.3 Å². The van der Waals surface area contributed by atoms with Gasteiger partial charge in [0.25, 0.3) is 0 Å². The van der Waals surface area contributed by atoms with Gasteiger partial charge >= 0.3 is 0 Å². The molecule has 100 valence electrons. The summed E-state index contributed by atoms with van der Waals surface area (Å²) in [5, 5.41) is 4.14. The van der Waals surface area contributed by atoms with E-state index in [1.54, 1.807) is 6.20 Å². The Morgan fingerprint density at radius 2 is 2.21 bits per heavy atom. The SMILES string of the molecule is CS(=O)(=O)n1ccc2ccc(CC3=NCCN3)cc21. The van der Waals surface area contributed by atoms with E-state index in [4.69, 9.17) is 0 Å². The lowest BCUT2D eigenvalue weighted by Gasteiger charge is -2.05. The highest BCUT2D eigenvalue weighted by Gasteiger charge is 2.11. The Kier molecular flexibility index (Phi) is 2.82. The predicted molar refractivity (Wildman–Crippen MR) is 76.2 cm³/mol. The van der Waals surface area contributed by atoms with Crippen LogP contribution in [-0.2, 0) is 16.4 Å². The van der Waals surface area contributed by atoms with E-state index < -0.39 is 10.0 Å². The summed E-state index contributed by atoms with van der Waals surface area (Å²) in [6.45, 7) is 1.70. The topological polar surface area (TPSA) is 63.5 Å². The van der Waals surface area contributed by atoms with Gasteiger partial charge in [0.15, 0.2) is 0 Å². The average molecular weight is 277 g/mol. The molecule has 0 saturated carbocycles. The quantitative estimate of drug-likeness (QED) is 0.910. The minimum Gasteiger partial charge on any atom is -0.372 e. The molecule has 0 aliphatic carbocycles. The Morgan fingerprint density at radius 3 is 2.89 bits per heavy atom. The normalized spacial score (nSPS) is 15.5. The van der Waals surface area contributed by atoms with E-state index in [0.717, 1.165) is 35.4 Å². The molecule has 0 saturated heterocycles. The first-order chi connectivity index (χ1) is 9.04. The van der Waals surface area contributed by atoms with Crippen LogP contribution in [0.2, 0.25) is 0 Å². The van der Waals surface area contributed by atoms with Crippen LogP contribution in [0.4, 0.5) is 0 Å². The van der Waals surface area contributed by atoms with Crippen molar-refractivity contribution < 1.29 is 8.42 Å². The molecule has 0 atom stereocenters. The molecule has 0 amide bonds. The fraction of sp³-hybridized carbons (Fsp3) is 0.308. The van der Waals surface area contributed by atoms with Crippen LogP contribution in [0.15, 0.2) is 35.5 Å². The summed E-state index contributed by atoms with van der Waals surface area (Å²) >= 11 is 0. The summed E-state index contributed by atoms with van der Waals surface area (Å²) in [5.74, 6) is 0.969. The Morgan fingerprint density at radius 1 is 1.37 bits per heavy atom. The molecule has 1 aromatic carbocycles. The van der Waals surface area contributed by atoms with Gasteiger partial charge in [-0.25, -0.2) is 12.4 Å². The maximum Gasteiger partial charge on any atom is 0.236 e. The van der Waals surface area contributed by atoms with Crippen molar-refractivity contribution in [3.8, 4) is 0 Å². The lowest BCUT2D eigenvalue weighted by Crippen LogP contribution is -2.20. The molecule has 1 aliphatic rings. The van der Waals surface area contributed by atoms with Gasteiger partial charge in [-0.15, -0.1) is 0 Å². The smallest absolute Gasteiger partial charge is 0.236 e. The van der Waals surface area contributed by atoms with Crippen LogP contribution in [0.1, 0.15) is 5.56 Å². The molecule has 0 unspecified atom stereocenters. The fourth-order valence-corrected chi connectivity index (χ4v) is 3.10. The van der Waals surface area contributed by atoms with Gasteiger partial charge in [-0.3, -0.25) is 4.99 Å². The molecule has 3 rings (SSSR count). The van der Waals surface area contributed by atoms with E-state index in [-0.39, 0.29) is 0 Å². The molecular formula is C13H15N3O2S. The van der Waals surface area contributed by atoms with E-state index in [0.29, 0.717) is 6.42 Å². The van der Waals surface area contributed by atoms with Crippen LogP contribution < -0.4 is 5.32 Å². The zero-order valence-electron chi connectivity index (χ0n) is 10.6. The van der Waals surface area contributed by atoms with Crippen LogP contribution in [-0.4, -0.2) is 37.6 Å². The minimum atomic E-state index is -3.26. The summed E-state index contributed by atoms with van der Waals surface area (Å²) < 4.78 is 24.7. The highest BCUT2D eigenvalue weighted by atomic mass is 32.2. The third-order valence-electron chi connectivity index (χ3n) is 3.19. The Balaban J connectivity index is 2.04. The molecule has 5 nitrogen and oxygen atoms in total. The zero-order chi connectivity index (χ0) is 13.5. The average Bonchev–Trinajstić information content (AvgIpc) is 2.95. The second-order valence-electron chi connectivity index (χ2n) is 4.70. The fourth-order valence-electron chi connectivity index (χ4n) is 2.31. The first kappa shape index (κ1) is 12.2. The molecule has 1 N–H and O–H groups in total. The lowest BCUT2D eigenvalue weighted by atomic mass is 10.1. The number of rotatable bonds is 3. The van der Waals surface area contributed by atoms with Crippen molar-refractivity contribution in [1.82, 2.24) is 9.29 Å². The maximum absolute atomic E-state index is 11.7. The molecule has 19 heavy (non-hydrogen) atoms. The second kappa shape index (κ2) is 4.38. The minimum absolute atomic E-state index is 0.713. The van der Waals surface area contributed by atoms with Crippen LogP contribution in [0, 0.1) is 0 Å². The maximum atomic E-state index is 11.7. The summed E-state index contributed by atoms with van der Waals surface area (Å²) in [6.07, 6.45) is 3.52. The Bertz CT molecular complexity index is 759. The lowest BCUT2D eigenvalue weighted by molar-refractivity contribution is 0.595. The highest BCUT2D eigenvalue weighted by Crippen LogP contribution is 2.19. The number of hydrogen-bond donors (Lipinski definition) is 1. The number of nitrogens with one attached hydrogen (secondary N) is 1. The molecule has 1 aliphatic heterocycles. The van der Waals surface area contributed by atoms with Gasteiger partial charge in [0.1, 0.15) is 5.84 Å². The van der Waals surface area contributed by atoms with Gasteiger partial charge in [0.05, 0.1) is 18.3 Å². The van der Waals surface area contributed by atoms with Gasteiger partial charge in [-0.1, -0.05) is 12.1 Å². The van der Waals surface area contributed by atoms with E-state index in [1.165, 1.54) is 10.2 Å². The monoisotopic (exact) mass is 277 g/mol. The van der Waals surface area contributed by atoms with Crippen molar-refractivity contribution in [2.24, 2.45) is 4.99 Å². The number of nitrogens with zero attached hydrogens (tertiary/aromatic N) is 2. The second-order valence-corrected chi connectivity index (χ2v) is 6.56. The van der Waals surface area contributed by atoms with Crippen molar-refractivity contribution in [2.75, 3.05) is 19.3 Å². The summed E-state index contributed by atoms with van der Waals surface area (Å²) in [6, 6.07) is 7.68. The summed E-state index contributed by atoms with van der Waals surface area (Å²) in [5.41, 5.74) is 1.78. The van der Waals surface area contributed by atoms with Crippen LogP contribution in [0.25, 0.3) is 10.9 Å². The van der Waals surface area contributed by atoms with E-state index in [9.17, 15) is 8.42 Å². The van der Waals surface area contributed by atoms with Gasteiger partial charge in [-0.05, 0) is 17.7 Å². The Labute approximate surface area is 112 Å². The molecule has 1 aromatic heterocycles. The highest BCUT2D eigenvalue weighted by molar-refractivity contribution is 7.89. The van der Waals surface area contributed by atoms with Gasteiger partial charge in [0, 0.05) is 24.5 Å². The van der Waals surface area contributed by atoms with Gasteiger partial charge < -0.3 is 5.32 Å². The Hall–Kier alpha value is -1.82. The largest absolute Gasteiger partial charge is 0.372 e. The van der Waals surface area contributed by atoms with E-state index >= 15 is 0 Å². The number of aliphatic imine (C=N–C) groups is 1.